The van der Waals surface area contributed by atoms with Crippen molar-refractivity contribution in [3.63, 3.8) is 0 Å². The van der Waals surface area contributed by atoms with Gasteiger partial charge in [-0.25, -0.2) is 9.78 Å². The molecule has 0 amide bonds. The number of fused-ring (bicyclic) bond motifs is 1. The molecule has 1 atom stereocenters. The Bertz CT molecular complexity index is 831. The summed E-state index contributed by atoms with van der Waals surface area (Å²) in [7, 11) is 0. The van der Waals surface area contributed by atoms with Crippen LogP contribution in [0.4, 0.5) is 5.82 Å². The lowest BCUT2D eigenvalue weighted by molar-refractivity contribution is -0.140. The fourth-order valence-electron chi connectivity index (χ4n) is 5.02. The van der Waals surface area contributed by atoms with Gasteiger partial charge in [0, 0.05) is 49.6 Å². The highest BCUT2D eigenvalue weighted by Crippen LogP contribution is 2.36. The minimum atomic E-state index is -0.853. The van der Waals surface area contributed by atoms with Gasteiger partial charge in [-0.15, -0.1) is 0 Å². The molecule has 182 valence electrons. The first-order valence-corrected chi connectivity index (χ1v) is 12.5. The molecular weight excluding hydrogens is 418 g/mol. The first kappa shape index (κ1) is 24.0. The zero-order valence-corrected chi connectivity index (χ0v) is 19.9. The second kappa shape index (κ2) is 10.9. The number of ether oxygens (including phenoxy) is 2. The van der Waals surface area contributed by atoms with Gasteiger partial charge in [0.15, 0.2) is 0 Å². The summed E-state index contributed by atoms with van der Waals surface area (Å²) in [5.41, 5.74) is 3.19. The number of carbonyl (C=O) groups is 1. The normalized spacial score (nSPS) is 24.6. The van der Waals surface area contributed by atoms with Crippen LogP contribution in [0.2, 0.25) is 0 Å². The number of anilines is 1. The monoisotopic (exact) mass is 457 g/mol. The fourth-order valence-corrected chi connectivity index (χ4v) is 5.02. The molecule has 7 heteroatoms. The summed E-state index contributed by atoms with van der Waals surface area (Å²) < 4.78 is 11.4. The van der Waals surface area contributed by atoms with Crippen LogP contribution in [0, 0.1) is 11.3 Å². The molecular formula is C26H39N3O4. The third kappa shape index (κ3) is 6.27. The molecule has 1 saturated carbocycles. The molecule has 0 radical (unpaired) electrons. The van der Waals surface area contributed by atoms with Crippen LogP contribution in [0.25, 0.3) is 0 Å². The summed E-state index contributed by atoms with van der Waals surface area (Å²) in [5, 5.41) is 16.2. The maximum atomic E-state index is 11.7. The summed E-state index contributed by atoms with van der Waals surface area (Å²) in [6.45, 7) is 9.13. The minimum absolute atomic E-state index is 0.114. The van der Waals surface area contributed by atoms with Crippen molar-refractivity contribution < 1.29 is 19.4 Å². The van der Waals surface area contributed by atoms with E-state index in [1.54, 1.807) is 0 Å². The van der Waals surface area contributed by atoms with E-state index in [0.29, 0.717) is 32.2 Å². The Kier molecular flexibility index (Phi) is 7.91. The lowest BCUT2D eigenvalue weighted by Crippen LogP contribution is -2.43. The van der Waals surface area contributed by atoms with Crippen molar-refractivity contribution >= 4 is 11.8 Å². The van der Waals surface area contributed by atoms with E-state index in [1.807, 2.05) is 0 Å². The largest absolute Gasteiger partial charge is 0.480 e. The van der Waals surface area contributed by atoms with Crippen molar-refractivity contribution in [2.45, 2.75) is 76.9 Å². The molecule has 2 aliphatic heterocycles. The molecule has 3 heterocycles. The molecule has 1 saturated heterocycles. The highest BCUT2D eigenvalue weighted by atomic mass is 16.5. The van der Waals surface area contributed by atoms with Crippen molar-refractivity contribution in [3.8, 4) is 0 Å². The van der Waals surface area contributed by atoms with Crippen LogP contribution in [0.1, 0.15) is 63.1 Å². The van der Waals surface area contributed by atoms with Gasteiger partial charge in [-0.1, -0.05) is 19.6 Å². The fraction of sp³-hybridized carbons (Fsp3) is 0.692. The number of nitrogens with zero attached hydrogens (tertiary/aromatic N) is 1. The quantitative estimate of drug-likeness (QED) is 0.464. The minimum Gasteiger partial charge on any atom is -0.480 e. The molecule has 1 aromatic rings. The number of rotatable bonds is 11. The van der Waals surface area contributed by atoms with E-state index in [1.165, 1.54) is 17.7 Å². The van der Waals surface area contributed by atoms with Gasteiger partial charge in [0.05, 0.1) is 6.10 Å². The second-order valence-electron chi connectivity index (χ2n) is 10.2. The Labute approximate surface area is 197 Å². The Balaban J connectivity index is 1.13. The summed E-state index contributed by atoms with van der Waals surface area (Å²) in [6, 6.07) is 3.73. The topological polar surface area (TPSA) is 92.7 Å². The number of aliphatic carboxylic acids is 1. The van der Waals surface area contributed by atoms with Crippen LogP contribution < -0.4 is 10.6 Å². The number of aryl methyl sites for hydroxylation is 2. The van der Waals surface area contributed by atoms with E-state index >= 15 is 0 Å². The van der Waals surface area contributed by atoms with Crippen LogP contribution in [0.15, 0.2) is 24.4 Å². The van der Waals surface area contributed by atoms with E-state index in [9.17, 15) is 9.90 Å². The number of hydrogen-bond donors (Lipinski definition) is 3. The van der Waals surface area contributed by atoms with E-state index in [0.717, 1.165) is 63.0 Å². The highest BCUT2D eigenvalue weighted by Gasteiger charge is 2.33. The Hall–Kier alpha value is -2.12. The summed E-state index contributed by atoms with van der Waals surface area (Å²) in [6.07, 6.45) is 8.97. The molecule has 0 unspecified atom stereocenters. The predicted octanol–water partition coefficient (Wildman–Crippen LogP) is 3.93. The van der Waals surface area contributed by atoms with Gasteiger partial charge in [0.25, 0.3) is 0 Å². The molecule has 1 aromatic heterocycles. The number of allylic oxidation sites excluding steroid dienone is 1. The van der Waals surface area contributed by atoms with Crippen LogP contribution in [0.5, 0.6) is 0 Å². The second-order valence-corrected chi connectivity index (χ2v) is 10.2. The third-order valence-corrected chi connectivity index (χ3v) is 7.68. The molecule has 7 nitrogen and oxygen atoms in total. The van der Waals surface area contributed by atoms with Gasteiger partial charge in [-0.05, 0) is 68.9 Å². The Morgan fingerprint density at radius 1 is 1.39 bits per heavy atom. The SMILES string of the molecule is C=C(N[C@@H](CCOC1CC(CCc2ccc3c(n2)NCCC3)C1)C(=O)O)C1(C)CCOCC1. The summed E-state index contributed by atoms with van der Waals surface area (Å²) in [4.78, 5) is 16.5. The lowest BCUT2D eigenvalue weighted by Gasteiger charge is -2.37. The molecule has 0 bridgehead atoms. The van der Waals surface area contributed by atoms with Gasteiger partial charge in [-0.2, -0.15) is 0 Å². The first-order chi connectivity index (χ1) is 15.9. The van der Waals surface area contributed by atoms with Gasteiger partial charge in [0.1, 0.15) is 11.9 Å². The molecule has 0 aromatic carbocycles. The maximum absolute atomic E-state index is 11.7. The molecule has 4 rings (SSSR count). The Morgan fingerprint density at radius 2 is 2.18 bits per heavy atom. The van der Waals surface area contributed by atoms with E-state index in [4.69, 9.17) is 14.5 Å². The maximum Gasteiger partial charge on any atom is 0.326 e. The van der Waals surface area contributed by atoms with Crippen molar-refractivity contribution in [1.82, 2.24) is 10.3 Å². The zero-order valence-electron chi connectivity index (χ0n) is 19.9. The highest BCUT2D eigenvalue weighted by molar-refractivity contribution is 5.73. The summed E-state index contributed by atoms with van der Waals surface area (Å²) >= 11 is 0. The van der Waals surface area contributed by atoms with Crippen LogP contribution in [-0.2, 0) is 27.1 Å². The number of carboxylic acids is 1. The number of pyridine rings is 1. The molecule has 33 heavy (non-hydrogen) atoms. The molecule has 2 fully saturated rings. The average molecular weight is 458 g/mol. The molecule has 0 spiro atoms. The van der Waals surface area contributed by atoms with Gasteiger partial charge >= 0.3 is 5.97 Å². The number of aromatic nitrogens is 1. The first-order valence-electron chi connectivity index (χ1n) is 12.5. The van der Waals surface area contributed by atoms with Crippen molar-refractivity contribution in [3.05, 3.63) is 35.7 Å². The molecule has 3 aliphatic rings. The van der Waals surface area contributed by atoms with Crippen molar-refractivity contribution in [2.24, 2.45) is 11.3 Å². The van der Waals surface area contributed by atoms with Crippen LogP contribution in [0.3, 0.4) is 0 Å². The molecule has 3 N–H and O–H groups in total. The van der Waals surface area contributed by atoms with E-state index in [2.05, 4.69) is 36.3 Å². The van der Waals surface area contributed by atoms with E-state index in [-0.39, 0.29) is 11.5 Å². The van der Waals surface area contributed by atoms with Gasteiger partial charge in [-0.3, -0.25) is 0 Å². The lowest BCUT2D eigenvalue weighted by atomic mass is 9.79. The Morgan fingerprint density at radius 3 is 2.94 bits per heavy atom. The molecule has 1 aliphatic carbocycles. The zero-order chi connectivity index (χ0) is 23.3. The number of carboxylic acid groups (broad SMARTS) is 1. The van der Waals surface area contributed by atoms with Gasteiger partial charge < -0.3 is 25.2 Å². The number of nitrogens with one attached hydrogen (secondary N) is 2. The smallest absolute Gasteiger partial charge is 0.326 e. The standard InChI is InChI=1S/C26H39N3O4/c1-18(26(2)10-14-32-15-11-26)28-23(25(30)31)9-13-33-22-16-19(17-22)5-7-21-8-6-20-4-3-12-27-24(20)29-21/h6,8,19,22-23,28H,1,3-5,7,9-17H2,2H3,(H,27,29)(H,30,31)/t19?,22?,23-/m0/s1. The third-order valence-electron chi connectivity index (χ3n) is 7.68. The van der Waals surface area contributed by atoms with Crippen molar-refractivity contribution in [1.29, 1.82) is 0 Å². The van der Waals surface area contributed by atoms with Crippen molar-refractivity contribution in [2.75, 3.05) is 31.7 Å². The number of hydrogen-bond acceptors (Lipinski definition) is 6. The van der Waals surface area contributed by atoms with Gasteiger partial charge in [0.2, 0.25) is 0 Å². The van der Waals surface area contributed by atoms with Crippen LogP contribution in [-0.4, -0.2) is 54.6 Å². The van der Waals surface area contributed by atoms with E-state index < -0.39 is 12.0 Å². The average Bonchev–Trinajstić information content (AvgIpc) is 2.79. The summed E-state index contributed by atoms with van der Waals surface area (Å²) in [5.74, 6) is 0.889. The van der Waals surface area contributed by atoms with Crippen LogP contribution >= 0.6 is 0 Å². The predicted molar refractivity (Wildman–Crippen MR) is 128 cm³/mol.